The molecule has 2 aromatic rings. The Labute approximate surface area is 156 Å². The fourth-order valence-corrected chi connectivity index (χ4v) is 2.93. The van der Waals surface area contributed by atoms with Crippen LogP contribution in [0.5, 0.6) is 5.75 Å². The van der Waals surface area contributed by atoms with Crippen molar-refractivity contribution < 1.29 is 23.1 Å². The normalized spacial score (nSPS) is 14.2. The number of piperazine rings is 1. The van der Waals surface area contributed by atoms with Crippen LogP contribution >= 0.6 is 0 Å². The molecule has 2 amide bonds. The van der Waals surface area contributed by atoms with E-state index in [1.54, 1.807) is 11.0 Å². The van der Waals surface area contributed by atoms with Crippen LogP contribution in [0.25, 0.3) is 0 Å². The SMILES string of the molecule is Cc1cccc(OCC(=O)N2CCN(C(=O)c3cc(F)ccc3F)CC2)c1. The summed E-state index contributed by atoms with van der Waals surface area (Å²) in [4.78, 5) is 27.7. The molecule has 5 nitrogen and oxygen atoms in total. The third-order valence-electron chi connectivity index (χ3n) is 4.43. The number of ether oxygens (including phenoxy) is 1. The summed E-state index contributed by atoms with van der Waals surface area (Å²) in [5.41, 5.74) is 0.745. The molecule has 0 radical (unpaired) electrons. The van der Waals surface area contributed by atoms with Gasteiger partial charge in [-0.2, -0.15) is 0 Å². The molecule has 7 heteroatoms. The highest BCUT2D eigenvalue weighted by Gasteiger charge is 2.26. The highest BCUT2D eigenvalue weighted by atomic mass is 19.1. The lowest BCUT2D eigenvalue weighted by molar-refractivity contribution is -0.134. The van der Waals surface area contributed by atoms with E-state index in [1.165, 1.54) is 4.90 Å². The molecule has 0 bridgehead atoms. The standard InChI is InChI=1S/C20H20F2N2O3/c1-14-3-2-4-16(11-14)27-13-19(25)23-7-9-24(10-8-23)20(26)17-12-15(21)5-6-18(17)22/h2-6,11-12H,7-10,13H2,1H3. The molecular weight excluding hydrogens is 354 g/mol. The van der Waals surface area contributed by atoms with Gasteiger partial charge >= 0.3 is 0 Å². The van der Waals surface area contributed by atoms with Crippen LogP contribution in [0.15, 0.2) is 42.5 Å². The van der Waals surface area contributed by atoms with Gasteiger partial charge in [0.25, 0.3) is 11.8 Å². The summed E-state index contributed by atoms with van der Waals surface area (Å²) in [5, 5.41) is 0. The summed E-state index contributed by atoms with van der Waals surface area (Å²) < 4.78 is 32.6. The molecule has 0 spiro atoms. The topological polar surface area (TPSA) is 49.9 Å². The average Bonchev–Trinajstić information content (AvgIpc) is 2.67. The average molecular weight is 374 g/mol. The lowest BCUT2D eigenvalue weighted by Crippen LogP contribution is -2.51. The van der Waals surface area contributed by atoms with E-state index in [0.29, 0.717) is 18.8 Å². The first-order chi connectivity index (χ1) is 12.9. The van der Waals surface area contributed by atoms with Crippen molar-refractivity contribution in [1.82, 2.24) is 9.80 Å². The smallest absolute Gasteiger partial charge is 0.260 e. The number of hydrogen-bond donors (Lipinski definition) is 0. The van der Waals surface area contributed by atoms with Crippen molar-refractivity contribution in [2.45, 2.75) is 6.92 Å². The fraction of sp³-hybridized carbons (Fsp3) is 0.300. The predicted molar refractivity (Wildman–Crippen MR) is 95.5 cm³/mol. The number of carbonyl (C=O) groups is 2. The minimum atomic E-state index is -0.758. The second-order valence-corrected chi connectivity index (χ2v) is 6.40. The van der Waals surface area contributed by atoms with Crippen LogP contribution < -0.4 is 4.74 Å². The van der Waals surface area contributed by atoms with Crippen LogP contribution in [0.4, 0.5) is 8.78 Å². The van der Waals surface area contributed by atoms with Gasteiger partial charge in [-0.1, -0.05) is 12.1 Å². The Balaban J connectivity index is 1.53. The summed E-state index contributed by atoms with van der Waals surface area (Å²) in [6, 6.07) is 10.2. The molecule has 1 fully saturated rings. The van der Waals surface area contributed by atoms with Gasteiger partial charge in [-0.05, 0) is 42.8 Å². The lowest BCUT2D eigenvalue weighted by Gasteiger charge is -2.34. The summed E-state index contributed by atoms with van der Waals surface area (Å²) >= 11 is 0. The molecule has 0 saturated carbocycles. The molecule has 1 aliphatic rings. The fourth-order valence-electron chi connectivity index (χ4n) is 2.93. The van der Waals surface area contributed by atoms with Gasteiger partial charge in [0.2, 0.25) is 0 Å². The molecule has 0 aliphatic carbocycles. The second kappa shape index (κ2) is 8.16. The predicted octanol–water partition coefficient (Wildman–Crippen LogP) is 2.64. The lowest BCUT2D eigenvalue weighted by atomic mass is 10.1. The third kappa shape index (κ3) is 4.61. The maximum Gasteiger partial charge on any atom is 0.260 e. The van der Waals surface area contributed by atoms with Crippen molar-refractivity contribution in [3.63, 3.8) is 0 Å². The molecule has 3 rings (SSSR count). The Kier molecular flexibility index (Phi) is 5.69. The number of halogens is 2. The van der Waals surface area contributed by atoms with Gasteiger partial charge in [-0.3, -0.25) is 9.59 Å². The second-order valence-electron chi connectivity index (χ2n) is 6.40. The highest BCUT2D eigenvalue weighted by molar-refractivity contribution is 5.94. The van der Waals surface area contributed by atoms with E-state index in [9.17, 15) is 18.4 Å². The Morgan fingerprint density at radius 2 is 1.70 bits per heavy atom. The summed E-state index contributed by atoms with van der Waals surface area (Å²) in [7, 11) is 0. The number of carbonyl (C=O) groups excluding carboxylic acids is 2. The molecule has 1 aliphatic heterocycles. The van der Waals surface area contributed by atoms with Gasteiger partial charge in [0, 0.05) is 26.2 Å². The van der Waals surface area contributed by atoms with Crippen LogP contribution in [-0.4, -0.2) is 54.4 Å². The van der Waals surface area contributed by atoms with Crippen LogP contribution in [-0.2, 0) is 4.79 Å². The van der Waals surface area contributed by atoms with Crippen molar-refractivity contribution in [3.8, 4) is 5.75 Å². The Morgan fingerprint density at radius 1 is 1.00 bits per heavy atom. The highest BCUT2D eigenvalue weighted by Crippen LogP contribution is 2.15. The number of amides is 2. The molecule has 1 heterocycles. The van der Waals surface area contributed by atoms with E-state index < -0.39 is 17.5 Å². The summed E-state index contributed by atoms with van der Waals surface area (Å²) in [6.45, 7) is 3.00. The minimum absolute atomic E-state index is 0.0874. The van der Waals surface area contributed by atoms with Gasteiger partial charge in [-0.15, -0.1) is 0 Å². The van der Waals surface area contributed by atoms with Crippen LogP contribution in [0.1, 0.15) is 15.9 Å². The largest absolute Gasteiger partial charge is 0.484 e. The molecule has 0 atom stereocenters. The van der Waals surface area contributed by atoms with E-state index in [2.05, 4.69) is 0 Å². The van der Waals surface area contributed by atoms with Crippen molar-refractivity contribution in [3.05, 3.63) is 65.2 Å². The van der Waals surface area contributed by atoms with E-state index in [1.807, 2.05) is 25.1 Å². The summed E-state index contributed by atoms with van der Waals surface area (Å²) in [5.74, 6) is -1.55. The third-order valence-corrected chi connectivity index (χ3v) is 4.43. The molecule has 0 unspecified atom stereocenters. The first-order valence-corrected chi connectivity index (χ1v) is 8.65. The van der Waals surface area contributed by atoms with E-state index in [4.69, 9.17) is 4.74 Å². The molecule has 2 aromatic carbocycles. The van der Waals surface area contributed by atoms with Crippen molar-refractivity contribution in [1.29, 1.82) is 0 Å². The zero-order chi connectivity index (χ0) is 19.4. The summed E-state index contributed by atoms with van der Waals surface area (Å²) in [6.07, 6.45) is 0. The quantitative estimate of drug-likeness (QED) is 0.827. The Bertz CT molecular complexity index is 849. The van der Waals surface area contributed by atoms with Gasteiger partial charge in [0.05, 0.1) is 5.56 Å². The number of hydrogen-bond acceptors (Lipinski definition) is 3. The molecule has 142 valence electrons. The molecular formula is C20H20F2N2O3. The number of rotatable bonds is 4. The van der Waals surface area contributed by atoms with Crippen LogP contribution in [0, 0.1) is 18.6 Å². The molecule has 0 aromatic heterocycles. The molecule has 27 heavy (non-hydrogen) atoms. The maximum absolute atomic E-state index is 13.8. The van der Waals surface area contributed by atoms with Crippen molar-refractivity contribution in [2.24, 2.45) is 0 Å². The van der Waals surface area contributed by atoms with Gasteiger partial charge < -0.3 is 14.5 Å². The zero-order valence-electron chi connectivity index (χ0n) is 15.0. The van der Waals surface area contributed by atoms with E-state index in [-0.39, 0.29) is 31.2 Å². The van der Waals surface area contributed by atoms with Crippen molar-refractivity contribution >= 4 is 11.8 Å². The van der Waals surface area contributed by atoms with Gasteiger partial charge in [-0.25, -0.2) is 8.78 Å². The number of benzene rings is 2. The number of aryl methyl sites for hydroxylation is 1. The van der Waals surface area contributed by atoms with Gasteiger partial charge in [0.1, 0.15) is 17.4 Å². The Hall–Kier alpha value is -2.96. The van der Waals surface area contributed by atoms with Crippen LogP contribution in [0.2, 0.25) is 0 Å². The first-order valence-electron chi connectivity index (χ1n) is 8.65. The molecule has 1 saturated heterocycles. The number of nitrogens with zero attached hydrogens (tertiary/aromatic N) is 2. The van der Waals surface area contributed by atoms with Crippen molar-refractivity contribution in [2.75, 3.05) is 32.8 Å². The first kappa shape index (κ1) is 18.8. The maximum atomic E-state index is 13.8. The van der Waals surface area contributed by atoms with Crippen LogP contribution in [0.3, 0.4) is 0 Å². The monoisotopic (exact) mass is 374 g/mol. The van der Waals surface area contributed by atoms with E-state index in [0.717, 1.165) is 23.8 Å². The van der Waals surface area contributed by atoms with E-state index >= 15 is 0 Å². The Morgan fingerprint density at radius 3 is 2.41 bits per heavy atom. The van der Waals surface area contributed by atoms with Gasteiger partial charge in [0.15, 0.2) is 6.61 Å². The minimum Gasteiger partial charge on any atom is -0.484 e. The zero-order valence-corrected chi connectivity index (χ0v) is 15.0. The molecule has 0 N–H and O–H groups in total.